The molecule has 0 radical (unpaired) electrons. The molecule has 0 saturated heterocycles. The maximum absolute atomic E-state index is 9.47. The minimum Gasteiger partial charge on any atom is -0.394 e. The average Bonchev–Trinajstić information content (AvgIpc) is 2.85. The van der Waals surface area contributed by atoms with Crippen LogP contribution in [0.3, 0.4) is 0 Å². The molecule has 0 aliphatic carbocycles. The molecule has 3 N–H and O–H groups in total. The van der Waals surface area contributed by atoms with Crippen molar-refractivity contribution in [2.24, 2.45) is 0 Å². The van der Waals surface area contributed by atoms with Crippen molar-refractivity contribution in [2.45, 2.75) is 12.5 Å². The van der Waals surface area contributed by atoms with E-state index in [1.54, 1.807) is 0 Å². The van der Waals surface area contributed by atoms with E-state index in [0.717, 1.165) is 40.0 Å². The summed E-state index contributed by atoms with van der Waals surface area (Å²) in [6.45, 7) is 1.00. The van der Waals surface area contributed by atoms with Gasteiger partial charge in [0.15, 0.2) is 0 Å². The van der Waals surface area contributed by atoms with Gasteiger partial charge in [-0.3, -0.25) is 0 Å². The Morgan fingerprint density at radius 3 is 3.11 bits per heavy atom. The summed E-state index contributed by atoms with van der Waals surface area (Å²) in [5.74, 6) is 0. The first-order valence-corrected chi connectivity index (χ1v) is 6.48. The summed E-state index contributed by atoms with van der Waals surface area (Å²) in [4.78, 5) is 3.25. The maximum atomic E-state index is 9.47. The van der Waals surface area contributed by atoms with E-state index in [-0.39, 0.29) is 12.6 Å². The molecule has 1 aliphatic heterocycles. The van der Waals surface area contributed by atoms with Gasteiger partial charge in [-0.1, -0.05) is 17.7 Å². The second kappa shape index (κ2) is 4.76. The topological polar surface area (TPSA) is 48.0 Å². The van der Waals surface area contributed by atoms with Gasteiger partial charge in [0.05, 0.1) is 18.2 Å². The molecule has 0 saturated carbocycles. The number of nitrogens with one attached hydrogen (secondary N) is 2. The maximum Gasteiger partial charge on any atom is 0.0626 e. The Labute approximate surface area is 110 Å². The van der Waals surface area contributed by atoms with E-state index >= 15 is 0 Å². The van der Waals surface area contributed by atoms with E-state index in [4.69, 9.17) is 11.6 Å². The van der Waals surface area contributed by atoms with Crippen molar-refractivity contribution in [1.29, 1.82) is 0 Å². The van der Waals surface area contributed by atoms with Crippen molar-refractivity contribution in [1.82, 2.24) is 10.3 Å². The number of aliphatic hydroxyl groups is 1. The highest BCUT2D eigenvalue weighted by Gasteiger charge is 2.20. The van der Waals surface area contributed by atoms with Crippen LogP contribution in [0, 0.1) is 0 Å². The highest BCUT2D eigenvalue weighted by atomic mass is 35.5. The fourth-order valence-corrected chi connectivity index (χ4v) is 2.79. The lowest BCUT2D eigenvalue weighted by molar-refractivity contribution is 0.266. The van der Waals surface area contributed by atoms with Crippen molar-refractivity contribution >= 4 is 28.1 Å². The third kappa shape index (κ3) is 1.94. The summed E-state index contributed by atoms with van der Waals surface area (Å²) < 4.78 is 0. The number of halogens is 1. The molecule has 0 bridgehead atoms. The van der Waals surface area contributed by atoms with Crippen LogP contribution in [0.15, 0.2) is 30.5 Å². The molecular weight excluding hydrogens is 248 g/mol. The summed E-state index contributed by atoms with van der Waals surface area (Å²) in [6, 6.07) is 5.91. The first kappa shape index (κ1) is 11.8. The van der Waals surface area contributed by atoms with Crippen LogP contribution in [0.25, 0.3) is 16.5 Å². The fraction of sp³-hybridized carbons (Fsp3) is 0.286. The molecule has 4 heteroatoms. The number of H-pyrrole nitrogens is 1. The molecule has 3 nitrogen and oxygen atoms in total. The molecule has 1 atom stereocenters. The van der Waals surface area contributed by atoms with Crippen LogP contribution in [0.5, 0.6) is 0 Å². The molecular formula is C14H15ClN2O. The molecule has 0 amide bonds. The van der Waals surface area contributed by atoms with Crippen LogP contribution < -0.4 is 5.32 Å². The predicted octanol–water partition coefficient (Wildman–Crippen LogP) is 2.56. The van der Waals surface area contributed by atoms with E-state index in [9.17, 15) is 5.11 Å². The Bertz CT molecular complexity index is 603. The van der Waals surface area contributed by atoms with Crippen LogP contribution in [0.1, 0.15) is 12.0 Å². The quantitative estimate of drug-likeness (QED) is 0.779. The fourth-order valence-electron chi connectivity index (χ4n) is 2.56. The Kier molecular flexibility index (Phi) is 3.12. The second-order valence-corrected chi connectivity index (χ2v) is 4.97. The smallest absolute Gasteiger partial charge is 0.0626 e. The van der Waals surface area contributed by atoms with Crippen molar-refractivity contribution in [3.05, 3.63) is 41.1 Å². The van der Waals surface area contributed by atoms with Gasteiger partial charge in [0.25, 0.3) is 0 Å². The lowest BCUT2D eigenvalue weighted by atomic mass is 9.93. The highest BCUT2D eigenvalue weighted by Crippen LogP contribution is 2.31. The second-order valence-electron chi connectivity index (χ2n) is 4.53. The Morgan fingerprint density at radius 1 is 1.39 bits per heavy atom. The zero-order valence-corrected chi connectivity index (χ0v) is 10.7. The van der Waals surface area contributed by atoms with Crippen LogP contribution >= 0.6 is 11.6 Å². The third-order valence-electron chi connectivity index (χ3n) is 3.39. The molecule has 3 rings (SSSR count). The molecule has 1 unspecified atom stereocenters. The number of fused-ring (bicyclic) bond motifs is 1. The monoisotopic (exact) mass is 262 g/mol. The van der Waals surface area contributed by atoms with Gasteiger partial charge in [-0.25, -0.2) is 0 Å². The number of rotatable bonds is 2. The lowest BCUT2D eigenvalue weighted by Gasteiger charge is -2.24. The van der Waals surface area contributed by atoms with Crippen molar-refractivity contribution in [3.8, 4) is 0 Å². The molecule has 2 heterocycles. The third-order valence-corrected chi connectivity index (χ3v) is 3.61. The summed E-state index contributed by atoms with van der Waals surface area (Å²) in [7, 11) is 0. The zero-order chi connectivity index (χ0) is 12.5. The van der Waals surface area contributed by atoms with Crippen LogP contribution in [0.2, 0.25) is 5.02 Å². The predicted molar refractivity (Wildman–Crippen MR) is 74.8 cm³/mol. The zero-order valence-electron chi connectivity index (χ0n) is 9.91. The molecule has 1 aliphatic rings. The largest absolute Gasteiger partial charge is 0.394 e. The highest BCUT2D eigenvalue weighted by molar-refractivity contribution is 6.31. The van der Waals surface area contributed by atoms with Crippen molar-refractivity contribution in [2.75, 3.05) is 13.2 Å². The lowest BCUT2D eigenvalue weighted by Crippen LogP contribution is -2.37. The van der Waals surface area contributed by atoms with Crippen molar-refractivity contribution in [3.63, 3.8) is 0 Å². The Hall–Kier alpha value is -1.29. The van der Waals surface area contributed by atoms with E-state index in [0.29, 0.717) is 0 Å². The number of aliphatic hydroxyl groups excluding tert-OH is 1. The molecule has 0 spiro atoms. The Balaban J connectivity index is 2.18. The summed E-state index contributed by atoms with van der Waals surface area (Å²) in [5, 5.41) is 14.6. The van der Waals surface area contributed by atoms with E-state index in [1.165, 1.54) is 0 Å². The Morgan fingerprint density at radius 2 is 2.28 bits per heavy atom. The molecule has 18 heavy (non-hydrogen) atoms. The van der Waals surface area contributed by atoms with Gasteiger partial charge < -0.3 is 15.4 Å². The number of hydrogen-bond donors (Lipinski definition) is 3. The normalized spacial score (nSPS) is 20.1. The number of benzene rings is 1. The van der Waals surface area contributed by atoms with Crippen LogP contribution in [-0.2, 0) is 0 Å². The van der Waals surface area contributed by atoms with E-state index in [2.05, 4.69) is 16.4 Å². The SMILES string of the molecule is OCC1NCCC=C1c1cc(Cl)cc2cc[nH]c12. The van der Waals surface area contributed by atoms with Gasteiger partial charge in [0, 0.05) is 22.2 Å². The van der Waals surface area contributed by atoms with Crippen molar-refractivity contribution < 1.29 is 5.11 Å². The number of aromatic nitrogens is 1. The summed E-state index contributed by atoms with van der Waals surface area (Å²) in [5.41, 5.74) is 3.28. The summed E-state index contributed by atoms with van der Waals surface area (Å²) >= 11 is 6.17. The van der Waals surface area contributed by atoms with E-state index < -0.39 is 0 Å². The van der Waals surface area contributed by atoms with Gasteiger partial charge in [-0.15, -0.1) is 0 Å². The van der Waals surface area contributed by atoms with Crippen LogP contribution in [0.4, 0.5) is 0 Å². The molecule has 2 aromatic rings. The van der Waals surface area contributed by atoms with Gasteiger partial charge in [0.1, 0.15) is 0 Å². The van der Waals surface area contributed by atoms with Gasteiger partial charge in [-0.2, -0.15) is 0 Å². The standard InChI is InChI=1S/C14H15ClN2O/c15-10-6-9-3-5-17-14(9)12(7-10)11-2-1-4-16-13(11)8-18/h2-3,5-7,13,16-18H,1,4,8H2. The van der Waals surface area contributed by atoms with Gasteiger partial charge in [0.2, 0.25) is 0 Å². The first-order valence-electron chi connectivity index (χ1n) is 6.11. The molecule has 0 fully saturated rings. The number of aromatic amines is 1. The average molecular weight is 263 g/mol. The van der Waals surface area contributed by atoms with Gasteiger partial charge in [-0.05, 0) is 36.7 Å². The minimum absolute atomic E-state index is 0.0104. The van der Waals surface area contributed by atoms with Crippen LogP contribution in [-0.4, -0.2) is 29.3 Å². The number of hydrogen-bond acceptors (Lipinski definition) is 2. The first-order chi connectivity index (χ1) is 8.79. The summed E-state index contributed by atoms with van der Waals surface area (Å²) in [6.07, 6.45) is 5.07. The minimum atomic E-state index is -0.0104. The molecule has 94 valence electrons. The molecule has 1 aromatic carbocycles. The van der Waals surface area contributed by atoms with E-state index in [1.807, 2.05) is 24.4 Å². The molecule has 1 aromatic heterocycles. The van der Waals surface area contributed by atoms with Gasteiger partial charge >= 0.3 is 0 Å².